The highest BCUT2D eigenvalue weighted by molar-refractivity contribution is 6.30. The number of carbonyl (C=O) groups excluding carboxylic acids is 2. The average Bonchev–Trinajstić information content (AvgIpc) is 3.13. The van der Waals surface area contributed by atoms with Gasteiger partial charge in [0.25, 0.3) is 5.91 Å². The molecule has 2 aromatic heterocycles. The van der Waals surface area contributed by atoms with Crippen LogP contribution in [-0.2, 0) is 17.9 Å². The van der Waals surface area contributed by atoms with Crippen LogP contribution in [0.5, 0.6) is 0 Å². The number of amides is 2. The second-order valence-corrected chi connectivity index (χ2v) is 5.93. The van der Waals surface area contributed by atoms with E-state index in [-0.39, 0.29) is 24.1 Å². The maximum absolute atomic E-state index is 12.1. The highest BCUT2D eigenvalue weighted by Gasteiger charge is 2.08. The van der Waals surface area contributed by atoms with Crippen molar-refractivity contribution in [3.63, 3.8) is 0 Å². The number of hydrogen-bond donors (Lipinski definition) is 2. The van der Waals surface area contributed by atoms with Crippen molar-refractivity contribution >= 4 is 29.1 Å². The second-order valence-electron chi connectivity index (χ2n) is 5.49. The van der Waals surface area contributed by atoms with Gasteiger partial charge in [0.1, 0.15) is 12.2 Å². The minimum absolute atomic E-state index is 0.133. The molecule has 2 N–H and O–H groups in total. The number of aromatic nitrogens is 3. The summed E-state index contributed by atoms with van der Waals surface area (Å²) in [6, 6.07) is 12.1. The molecule has 0 atom stereocenters. The number of anilines is 1. The van der Waals surface area contributed by atoms with Crippen molar-refractivity contribution in [1.82, 2.24) is 20.1 Å². The maximum atomic E-state index is 12.1. The van der Waals surface area contributed by atoms with Gasteiger partial charge in [0.15, 0.2) is 0 Å². The summed E-state index contributed by atoms with van der Waals surface area (Å²) in [4.78, 5) is 28.1. The molecule has 0 bridgehead atoms. The van der Waals surface area contributed by atoms with Gasteiger partial charge in [0, 0.05) is 35.8 Å². The van der Waals surface area contributed by atoms with Crippen molar-refractivity contribution in [3.05, 3.63) is 77.3 Å². The molecule has 3 rings (SSSR count). The fraction of sp³-hybridized carbons (Fsp3) is 0.111. The first-order valence-electron chi connectivity index (χ1n) is 7.86. The van der Waals surface area contributed by atoms with Gasteiger partial charge >= 0.3 is 0 Å². The lowest BCUT2D eigenvalue weighted by atomic mass is 10.2. The minimum atomic E-state index is -0.319. The van der Waals surface area contributed by atoms with Gasteiger partial charge in [0.05, 0.1) is 0 Å². The average molecular weight is 370 g/mol. The van der Waals surface area contributed by atoms with E-state index < -0.39 is 0 Å². The van der Waals surface area contributed by atoms with Crippen molar-refractivity contribution < 1.29 is 9.59 Å². The van der Waals surface area contributed by atoms with E-state index in [4.69, 9.17) is 11.6 Å². The molecule has 0 saturated carbocycles. The quantitative estimate of drug-likeness (QED) is 0.698. The molecule has 26 heavy (non-hydrogen) atoms. The first kappa shape index (κ1) is 17.6. The van der Waals surface area contributed by atoms with E-state index in [0.29, 0.717) is 17.3 Å². The topological polar surface area (TPSA) is 88.9 Å². The van der Waals surface area contributed by atoms with E-state index >= 15 is 0 Å². The molecular weight excluding hydrogens is 354 g/mol. The Kier molecular flexibility index (Phi) is 5.60. The van der Waals surface area contributed by atoms with Gasteiger partial charge in [-0.15, -0.1) is 0 Å². The summed E-state index contributed by atoms with van der Waals surface area (Å²) >= 11 is 5.86. The molecule has 0 aliphatic rings. The summed E-state index contributed by atoms with van der Waals surface area (Å²) in [6.45, 7) is 0.435. The molecule has 0 fully saturated rings. The Bertz CT molecular complexity index is 911. The van der Waals surface area contributed by atoms with Crippen LogP contribution < -0.4 is 10.6 Å². The van der Waals surface area contributed by atoms with E-state index in [0.717, 1.165) is 5.56 Å². The lowest BCUT2D eigenvalue weighted by Gasteiger charge is -2.09. The molecule has 8 heteroatoms. The molecule has 0 radical (unpaired) electrons. The van der Waals surface area contributed by atoms with Gasteiger partial charge in [-0.1, -0.05) is 23.7 Å². The molecule has 1 aromatic carbocycles. The Morgan fingerprint density at radius 2 is 2.00 bits per heavy atom. The van der Waals surface area contributed by atoms with Crippen LogP contribution in [0.2, 0.25) is 5.02 Å². The molecule has 0 saturated heterocycles. The summed E-state index contributed by atoms with van der Waals surface area (Å²) in [5, 5.41) is 10.0. The summed E-state index contributed by atoms with van der Waals surface area (Å²) in [7, 11) is 0. The number of nitrogens with zero attached hydrogens (tertiary/aromatic N) is 3. The highest BCUT2D eigenvalue weighted by Crippen LogP contribution is 2.12. The number of hydrogen-bond acceptors (Lipinski definition) is 4. The van der Waals surface area contributed by atoms with Gasteiger partial charge in [0.2, 0.25) is 5.91 Å². The Morgan fingerprint density at radius 1 is 1.12 bits per heavy atom. The number of benzene rings is 1. The zero-order valence-electron chi connectivity index (χ0n) is 13.7. The fourth-order valence-electron chi connectivity index (χ4n) is 2.30. The smallest absolute Gasteiger partial charge is 0.270 e. The molecule has 2 amide bonds. The van der Waals surface area contributed by atoms with Crippen molar-refractivity contribution in [1.29, 1.82) is 0 Å². The lowest BCUT2D eigenvalue weighted by molar-refractivity contribution is -0.116. The van der Waals surface area contributed by atoms with Crippen LogP contribution in [0.25, 0.3) is 0 Å². The highest BCUT2D eigenvalue weighted by atomic mass is 35.5. The molecule has 3 aromatic rings. The lowest BCUT2D eigenvalue weighted by Crippen LogP contribution is -2.24. The normalized spacial score (nSPS) is 10.3. The predicted octanol–water partition coefficient (Wildman–Crippen LogP) is 2.50. The van der Waals surface area contributed by atoms with E-state index in [2.05, 4.69) is 20.7 Å². The van der Waals surface area contributed by atoms with Crippen molar-refractivity contribution in [2.75, 3.05) is 5.32 Å². The number of halogens is 1. The van der Waals surface area contributed by atoms with Crippen molar-refractivity contribution in [2.45, 2.75) is 13.1 Å². The Balaban J connectivity index is 1.57. The maximum Gasteiger partial charge on any atom is 0.270 e. The van der Waals surface area contributed by atoms with Gasteiger partial charge in [-0.25, -0.2) is 0 Å². The summed E-state index contributed by atoms with van der Waals surface area (Å²) < 4.78 is 1.54. The second kappa shape index (κ2) is 8.26. The Labute approximate surface area is 155 Å². The van der Waals surface area contributed by atoms with Crippen LogP contribution in [-0.4, -0.2) is 26.6 Å². The zero-order valence-corrected chi connectivity index (χ0v) is 14.5. The van der Waals surface area contributed by atoms with Crippen molar-refractivity contribution in [2.24, 2.45) is 0 Å². The molecule has 0 aliphatic carbocycles. The fourth-order valence-corrected chi connectivity index (χ4v) is 2.46. The Morgan fingerprint density at radius 3 is 2.77 bits per heavy atom. The molecule has 2 heterocycles. The van der Waals surface area contributed by atoms with Crippen LogP contribution in [0.4, 0.5) is 5.69 Å². The largest absolute Gasteiger partial charge is 0.347 e. The zero-order chi connectivity index (χ0) is 18.4. The van der Waals surface area contributed by atoms with E-state index in [9.17, 15) is 9.59 Å². The molecule has 132 valence electrons. The van der Waals surface area contributed by atoms with Gasteiger partial charge in [-0.05, 0) is 35.9 Å². The summed E-state index contributed by atoms with van der Waals surface area (Å²) in [5.41, 5.74) is 1.74. The van der Waals surface area contributed by atoms with Gasteiger partial charge in [-0.2, -0.15) is 5.10 Å². The van der Waals surface area contributed by atoms with Crippen molar-refractivity contribution in [3.8, 4) is 0 Å². The van der Waals surface area contributed by atoms with E-state index in [1.54, 1.807) is 36.7 Å². The summed E-state index contributed by atoms with van der Waals surface area (Å²) in [6.07, 6.45) is 4.81. The minimum Gasteiger partial charge on any atom is -0.347 e. The van der Waals surface area contributed by atoms with Crippen LogP contribution in [0.1, 0.15) is 16.1 Å². The van der Waals surface area contributed by atoms with Crippen LogP contribution >= 0.6 is 11.6 Å². The van der Waals surface area contributed by atoms with Gasteiger partial charge < -0.3 is 10.6 Å². The van der Waals surface area contributed by atoms with Crippen LogP contribution in [0.15, 0.2) is 61.1 Å². The van der Waals surface area contributed by atoms with Crippen LogP contribution in [0, 0.1) is 0 Å². The standard InChI is InChI=1S/C18H16ClN5O2/c19-14-5-7-20-16(10-14)18(26)21-11-13-3-1-4-15(9-13)23-17(25)12-24-8-2-6-22-24/h1-10H,11-12H2,(H,21,26)(H,23,25). The third kappa shape index (κ3) is 4.90. The number of rotatable bonds is 6. The Hall–Kier alpha value is -3.19. The number of pyridine rings is 1. The number of carbonyl (C=O) groups is 2. The first-order valence-corrected chi connectivity index (χ1v) is 8.24. The molecule has 0 unspecified atom stereocenters. The molecule has 7 nitrogen and oxygen atoms in total. The molecular formula is C18H16ClN5O2. The number of nitrogens with one attached hydrogen (secondary N) is 2. The molecule has 0 aliphatic heterocycles. The SMILES string of the molecule is O=C(Cn1cccn1)Nc1cccc(CNC(=O)c2cc(Cl)ccn2)c1. The van der Waals surface area contributed by atoms with E-state index in [1.165, 1.54) is 16.9 Å². The molecule has 0 spiro atoms. The predicted molar refractivity (Wildman–Crippen MR) is 97.7 cm³/mol. The third-order valence-electron chi connectivity index (χ3n) is 3.48. The van der Waals surface area contributed by atoms with Crippen LogP contribution in [0.3, 0.4) is 0 Å². The van der Waals surface area contributed by atoms with E-state index in [1.807, 2.05) is 12.1 Å². The first-order chi connectivity index (χ1) is 12.6. The third-order valence-corrected chi connectivity index (χ3v) is 3.72. The monoisotopic (exact) mass is 369 g/mol. The summed E-state index contributed by atoms with van der Waals surface area (Å²) in [5.74, 6) is -0.501. The van der Waals surface area contributed by atoms with Gasteiger partial charge in [-0.3, -0.25) is 19.3 Å².